The predicted octanol–water partition coefficient (Wildman–Crippen LogP) is 2.61. The van der Waals surface area contributed by atoms with Crippen LogP contribution in [0.1, 0.15) is 10.4 Å². The van der Waals surface area contributed by atoms with Crippen LogP contribution in [0.2, 0.25) is 0 Å². The Morgan fingerprint density at radius 1 is 1.30 bits per heavy atom. The monoisotopic (exact) mass is 288 g/mol. The van der Waals surface area contributed by atoms with Gasteiger partial charge in [0.15, 0.2) is 0 Å². The van der Waals surface area contributed by atoms with Crippen molar-refractivity contribution in [2.45, 2.75) is 12.7 Å². The van der Waals surface area contributed by atoms with Crippen molar-refractivity contribution in [2.75, 3.05) is 18.5 Å². The van der Waals surface area contributed by atoms with Gasteiger partial charge >= 0.3 is 0 Å². The van der Waals surface area contributed by atoms with E-state index in [1.807, 2.05) is 35.7 Å². The first-order chi connectivity index (χ1) is 9.79. The number of nitrogens with one attached hydrogen (secondary N) is 1. The number of ether oxygens (including phenoxy) is 1. The number of para-hydroxylation sites is 1. The van der Waals surface area contributed by atoms with Crippen molar-refractivity contribution in [3.05, 3.63) is 52.2 Å². The van der Waals surface area contributed by atoms with Gasteiger partial charge in [0.05, 0.1) is 30.6 Å². The second-order valence-corrected chi connectivity index (χ2v) is 5.32. The van der Waals surface area contributed by atoms with E-state index in [1.165, 1.54) is 0 Å². The molecule has 1 aromatic carbocycles. The zero-order valence-corrected chi connectivity index (χ0v) is 11.8. The summed E-state index contributed by atoms with van der Waals surface area (Å²) in [5.74, 6) is 0. The summed E-state index contributed by atoms with van der Waals surface area (Å²) in [7, 11) is 0. The zero-order chi connectivity index (χ0) is 14.2. The number of hydrogen-bond donors (Lipinski definition) is 2. The van der Waals surface area contributed by atoms with Crippen LogP contribution >= 0.6 is 11.3 Å². The van der Waals surface area contributed by atoms with Gasteiger partial charge in [-0.1, -0.05) is 18.2 Å². The van der Waals surface area contributed by atoms with Crippen molar-refractivity contribution in [1.82, 2.24) is 0 Å². The minimum absolute atomic E-state index is 0.264. The van der Waals surface area contributed by atoms with E-state index in [0.29, 0.717) is 18.7 Å². The van der Waals surface area contributed by atoms with Crippen LogP contribution in [0.3, 0.4) is 0 Å². The number of thiophene rings is 1. The molecule has 1 heterocycles. The first-order valence-electron chi connectivity index (χ1n) is 6.31. The van der Waals surface area contributed by atoms with Crippen LogP contribution in [0.5, 0.6) is 0 Å². The number of hydrogen-bond acceptors (Lipinski definition) is 5. The molecule has 4 nitrogen and oxygen atoms in total. The fraction of sp³-hybridized carbons (Fsp3) is 0.267. The van der Waals surface area contributed by atoms with Crippen molar-refractivity contribution in [3.8, 4) is 6.07 Å². The summed E-state index contributed by atoms with van der Waals surface area (Å²) < 4.78 is 5.44. The fourth-order valence-electron chi connectivity index (χ4n) is 1.71. The minimum Gasteiger partial charge on any atom is -0.389 e. The second-order valence-electron chi connectivity index (χ2n) is 4.29. The molecule has 0 saturated carbocycles. The van der Waals surface area contributed by atoms with Crippen LogP contribution in [-0.2, 0) is 11.3 Å². The molecule has 0 spiro atoms. The van der Waals surface area contributed by atoms with E-state index < -0.39 is 6.10 Å². The van der Waals surface area contributed by atoms with Crippen LogP contribution in [0, 0.1) is 11.3 Å². The van der Waals surface area contributed by atoms with E-state index in [1.54, 1.807) is 17.4 Å². The number of benzene rings is 1. The number of aliphatic hydroxyl groups is 1. The third-order valence-electron chi connectivity index (χ3n) is 2.71. The smallest absolute Gasteiger partial charge is 0.101 e. The summed E-state index contributed by atoms with van der Waals surface area (Å²) in [6, 6.07) is 13.3. The molecule has 1 atom stereocenters. The molecule has 1 unspecified atom stereocenters. The highest BCUT2D eigenvalue weighted by molar-refractivity contribution is 7.09. The molecular weight excluding hydrogens is 272 g/mol. The lowest BCUT2D eigenvalue weighted by Gasteiger charge is -2.13. The number of nitriles is 1. The Labute approximate surface area is 122 Å². The molecule has 1 aromatic heterocycles. The van der Waals surface area contributed by atoms with E-state index in [2.05, 4.69) is 11.4 Å². The Kier molecular flexibility index (Phi) is 5.56. The maximum Gasteiger partial charge on any atom is 0.101 e. The predicted molar refractivity (Wildman–Crippen MR) is 79.6 cm³/mol. The van der Waals surface area contributed by atoms with Gasteiger partial charge in [-0.05, 0) is 23.6 Å². The van der Waals surface area contributed by atoms with Gasteiger partial charge in [-0.2, -0.15) is 5.26 Å². The van der Waals surface area contributed by atoms with Crippen LogP contribution in [0.4, 0.5) is 5.69 Å². The highest BCUT2D eigenvalue weighted by Gasteiger charge is 2.06. The average molecular weight is 288 g/mol. The minimum atomic E-state index is -0.610. The van der Waals surface area contributed by atoms with Gasteiger partial charge in [0.25, 0.3) is 0 Å². The van der Waals surface area contributed by atoms with Gasteiger partial charge < -0.3 is 15.2 Å². The first kappa shape index (κ1) is 14.5. The second kappa shape index (κ2) is 7.65. The molecule has 0 fully saturated rings. The van der Waals surface area contributed by atoms with Gasteiger partial charge in [0.1, 0.15) is 6.07 Å². The van der Waals surface area contributed by atoms with Gasteiger partial charge in [-0.25, -0.2) is 0 Å². The van der Waals surface area contributed by atoms with E-state index in [4.69, 9.17) is 10.00 Å². The molecule has 0 bridgehead atoms. The number of rotatable bonds is 7. The van der Waals surface area contributed by atoms with Crippen molar-refractivity contribution >= 4 is 17.0 Å². The molecular formula is C15H16N2O2S. The van der Waals surface area contributed by atoms with E-state index >= 15 is 0 Å². The quantitative estimate of drug-likeness (QED) is 0.822. The molecule has 0 aliphatic heterocycles. The highest BCUT2D eigenvalue weighted by Crippen LogP contribution is 2.13. The molecule has 104 valence electrons. The van der Waals surface area contributed by atoms with Crippen LogP contribution in [-0.4, -0.2) is 24.4 Å². The van der Waals surface area contributed by atoms with Crippen LogP contribution < -0.4 is 5.32 Å². The Morgan fingerprint density at radius 3 is 2.90 bits per heavy atom. The van der Waals surface area contributed by atoms with Crippen LogP contribution in [0.25, 0.3) is 0 Å². The molecule has 20 heavy (non-hydrogen) atoms. The third kappa shape index (κ3) is 4.35. The van der Waals surface area contributed by atoms with Gasteiger partial charge in [-0.15, -0.1) is 11.3 Å². The molecule has 0 radical (unpaired) electrons. The van der Waals surface area contributed by atoms with Gasteiger partial charge in [0.2, 0.25) is 0 Å². The SMILES string of the molecule is N#Cc1ccccc1NCC(O)COCc1cccs1. The van der Waals surface area contributed by atoms with E-state index in [0.717, 1.165) is 10.6 Å². The fourth-order valence-corrected chi connectivity index (χ4v) is 2.35. The maximum atomic E-state index is 9.84. The highest BCUT2D eigenvalue weighted by atomic mass is 32.1. The maximum absolute atomic E-state index is 9.84. The average Bonchev–Trinajstić information content (AvgIpc) is 2.98. The largest absolute Gasteiger partial charge is 0.389 e. The molecule has 2 aromatic rings. The van der Waals surface area contributed by atoms with E-state index in [-0.39, 0.29) is 6.61 Å². The molecule has 2 rings (SSSR count). The molecule has 0 aliphatic carbocycles. The standard InChI is InChI=1S/C15H16N2O2S/c16-8-12-4-1-2-6-15(12)17-9-13(18)10-19-11-14-5-3-7-20-14/h1-7,13,17-18H,9-11H2. The molecule has 2 N–H and O–H groups in total. The number of anilines is 1. The first-order valence-corrected chi connectivity index (χ1v) is 7.18. The Balaban J connectivity index is 1.72. The van der Waals surface area contributed by atoms with Crippen molar-refractivity contribution in [3.63, 3.8) is 0 Å². The van der Waals surface area contributed by atoms with Crippen LogP contribution in [0.15, 0.2) is 41.8 Å². The number of nitrogens with zero attached hydrogens (tertiary/aromatic N) is 1. The lowest BCUT2D eigenvalue weighted by Crippen LogP contribution is -2.25. The lowest BCUT2D eigenvalue weighted by molar-refractivity contribution is 0.0359. The van der Waals surface area contributed by atoms with Gasteiger partial charge in [-0.3, -0.25) is 0 Å². The van der Waals surface area contributed by atoms with E-state index in [9.17, 15) is 5.11 Å². The normalized spacial score (nSPS) is 11.8. The molecule has 0 saturated heterocycles. The molecule has 0 amide bonds. The summed E-state index contributed by atoms with van der Waals surface area (Å²) in [5, 5.41) is 23.8. The van der Waals surface area contributed by atoms with Crippen molar-refractivity contribution in [2.24, 2.45) is 0 Å². The van der Waals surface area contributed by atoms with Gasteiger partial charge in [0, 0.05) is 11.4 Å². The Bertz CT molecular complexity index is 564. The summed E-state index contributed by atoms with van der Waals surface area (Å²) in [6.45, 7) is 1.13. The third-order valence-corrected chi connectivity index (χ3v) is 3.56. The number of aliphatic hydroxyl groups excluding tert-OH is 1. The summed E-state index contributed by atoms with van der Waals surface area (Å²) >= 11 is 1.63. The van der Waals surface area contributed by atoms with Crippen molar-refractivity contribution < 1.29 is 9.84 Å². The topological polar surface area (TPSA) is 65.3 Å². The molecule has 5 heteroatoms. The molecule has 0 aliphatic rings. The summed E-state index contributed by atoms with van der Waals surface area (Å²) in [5.41, 5.74) is 1.30. The Hall–Kier alpha value is -1.87. The lowest BCUT2D eigenvalue weighted by atomic mass is 10.2. The zero-order valence-electron chi connectivity index (χ0n) is 11.0. The Morgan fingerprint density at radius 2 is 2.15 bits per heavy atom. The summed E-state index contributed by atoms with van der Waals surface area (Å²) in [6.07, 6.45) is -0.610. The van der Waals surface area contributed by atoms with Crippen molar-refractivity contribution in [1.29, 1.82) is 5.26 Å². The summed E-state index contributed by atoms with van der Waals surface area (Å²) in [4.78, 5) is 1.14.